The maximum Gasteiger partial charge on any atom is 0.433 e. The van der Waals surface area contributed by atoms with Crippen molar-refractivity contribution in [3.63, 3.8) is 0 Å². The number of rotatable bonds is 5. The van der Waals surface area contributed by atoms with Gasteiger partial charge in [0.05, 0.1) is 25.8 Å². The minimum atomic E-state index is -4.55. The summed E-state index contributed by atoms with van der Waals surface area (Å²) in [5.41, 5.74) is -0.344. The average Bonchev–Trinajstić information content (AvgIpc) is 2.60. The second-order valence-corrected chi connectivity index (χ2v) is 5.23. The van der Waals surface area contributed by atoms with Gasteiger partial charge in [0.2, 0.25) is 0 Å². The van der Waals surface area contributed by atoms with Gasteiger partial charge < -0.3 is 14.8 Å². The fourth-order valence-electron chi connectivity index (χ4n) is 2.23. The smallest absolute Gasteiger partial charge is 0.433 e. The van der Waals surface area contributed by atoms with E-state index in [0.717, 1.165) is 18.3 Å². The Balaban J connectivity index is 2.17. The summed E-state index contributed by atoms with van der Waals surface area (Å²) in [6, 6.07) is 6.54. The molecule has 1 heterocycles. The van der Waals surface area contributed by atoms with Gasteiger partial charge in [0.15, 0.2) is 0 Å². The topological polar surface area (TPSA) is 60.5 Å². The largest absolute Gasteiger partial charge is 0.497 e. The van der Waals surface area contributed by atoms with Crippen LogP contribution in [0.5, 0.6) is 11.5 Å². The first-order valence-electron chi connectivity index (χ1n) is 7.32. The first-order valence-corrected chi connectivity index (χ1v) is 7.32. The van der Waals surface area contributed by atoms with Crippen LogP contribution in [0.15, 0.2) is 36.5 Å². The predicted octanol–water partition coefficient (Wildman–Crippen LogP) is 3.61. The molecule has 0 fully saturated rings. The number of nitrogens with one attached hydrogen (secondary N) is 1. The van der Waals surface area contributed by atoms with Crippen LogP contribution in [0.1, 0.15) is 34.6 Å². The van der Waals surface area contributed by atoms with Gasteiger partial charge in [-0.15, -0.1) is 0 Å². The zero-order valence-electron chi connectivity index (χ0n) is 13.8. The van der Waals surface area contributed by atoms with Gasteiger partial charge in [-0.2, -0.15) is 13.2 Å². The number of hydrogen-bond donors (Lipinski definition) is 1. The lowest BCUT2D eigenvalue weighted by atomic mass is 10.1. The molecule has 0 aliphatic heterocycles. The Hall–Kier alpha value is -2.77. The van der Waals surface area contributed by atoms with Crippen molar-refractivity contribution in [1.82, 2.24) is 10.3 Å². The van der Waals surface area contributed by atoms with Gasteiger partial charge in [0, 0.05) is 11.8 Å². The van der Waals surface area contributed by atoms with Crippen molar-refractivity contribution in [2.75, 3.05) is 14.2 Å². The van der Waals surface area contributed by atoms with E-state index in [1.54, 1.807) is 25.1 Å². The Morgan fingerprint density at radius 3 is 2.40 bits per heavy atom. The van der Waals surface area contributed by atoms with E-state index < -0.39 is 23.8 Å². The quantitative estimate of drug-likeness (QED) is 0.891. The molecule has 0 spiro atoms. The van der Waals surface area contributed by atoms with Gasteiger partial charge >= 0.3 is 6.18 Å². The van der Waals surface area contributed by atoms with Crippen molar-refractivity contribution in [1.29, 1.82) is 0 Å². The monoisotopic (exact) mass is 354 g/mol. The van der Waals surface area contributed by atoms with E-state index >= 15 is 0 Å². The summed E-state index contributed by atoms with van der Waals surface area (Å²) in [4.78, 5) is 15.5. The molecule has 0 aliphatic rings. The molecule has 0 saturated carbocycles. The van der Waals surface area contributed by atoms with Gasteiger partial charge in [-0.25, -0.2) is 0 Å². The van der Waals surface area contributed by atoms with Crippen LogP contribution in [0.4, 0.5) is 13.2 Å². The molecule has 0 saturated heterocycles. The van der Waals surface area contributed by atoms with Crippen molar-refractivity contribution >= 4 is 5.91 Å². The molecule has 8 heteroatoms. The van der Waals surface area contributed by atoms with Crippen LogP contribution in [-0.2, 0) is 6.18 Å². The maximum atomic E-state index is 12.5. The van der Waals surface area contributed by atoms with E-state index in [1.807, 2.05) is 0 Å². The fourth-order valence-corrected chi connectivity index (χ4v) is 2.23. The summed E-state index contributed by atoms with van der Waals surface area (Å²) in [5, 5.41) is 2.70. The molecular weight excluding hydrogens is 337 g/mol. The molecule has 1 amide bonds. The molecule has 1 aromatic carbocycles. The Kier molecular flexibility index (Phi) is 5.51. The normalized spacial score (nSPS) is 12.4. The highest BCUT2D eigenvalue weighted by Crippen LogP contribution is 2.30. The van der Waals surface area contributed by atoms with Crippen molar-refractivity contribution in [3.8, 4) is 11.5 Å². The van der Waals surface area contributed by atoms with Gasteiger partial charge in [-0.1, -0.05) is 0 Å². The van der Waals surface area contributed by atoms with Gasteiger partial charge in [0.1, 0.15) is 17.2 Å². The number of alkyl halides is 3. The Morgan fingerprint density at radius 1 is 1.16 bits per heavy atom. The summed E-state index contributed by atoms with van der Waals surface area (Å²) in [6.07, 6.45) is -3.65. The Bertz CT molecular complexity index is 746. The lowest BCUT2D eigenvalue weighted by Gasteiger charge is -2.18. The molecule has 134 valence electrons. The highest BCUT2D eigenvalue weighted by atomic mass is 19.4. The molecular formula is C17H17F3N2O3. The number of ether oxygens (including phenoxy) is 2. The third-order valence-electron chi connectivity index (χ3n) is 3.57. The molecule has 5 nitrogen and oxygen atoms in total. The number of aromatic nitrogens is 1. The summed E-state index contributed by atoms with van der Waals surface area (Å²) in [5.74, 6) is 0.603. The van der Waals surface area contributed by atoms with Crippen molar-refractivity contribution in [2.45, 2.75) is 19.1 Å². The summed E-state index contributed by atoms with van der Waals surface area (Å²) < 4.78 is 48.0. The maximum absolute atomic E-state index is 12.5. The number of halogens is 3. The fraction of sp³-hybridized carbons (Fsp3) is 0.294. The second-order valence-electron chi connectivity index (χ2n) is 5.23. The number of methoxy groups -OCH3 is 2. The van der Waals surface area contributed by atoms with Gasteiger partial charge in [-0.3, -0.25) is 9.78 Å². The second kappa shape index (κ2) is 7.42. The molecule has 0 bridgehead atoms. The minimum absolute atomic E-state index is 0.0294. The van der Waals surface area contributed by atoms with E-state index in [2.05, 4.69) is 10.3 Å². The van der Waals surface area contributed by atoms with Gasteiger partial charge in [0.25, 0.3) is 5.91 Å². The van der Waals surface area contributed by atoms with E-state index in [-0.39, 0.29) is 5.56 Å². The molecule has 2 rings (SSSR count). The first kappa shape index (κ1) is 18.6. The molecule has 1 unspecified atom stereocenters. The van der Waals surface area contributed by atoms with E-state index in [0.29, 0.717) is 17.1 Å². The van der Waals surface area contributed by atoms with E-state index in [9.17, 15) is 18.0 Å². The molecule has 1 aromatic heterocycles. The van der Waals surface area contributed by atoms with Crippen LogP contribution < -0.4 is 14.8 Å². The average molecular weight is 354 g/mol. The molecule has 1 atom stereocenters. The third kappa shape index (κ3) is 4.40. The third-order valence-corrected chi connectivity index (χ3v) is 3.57. The first-order chi connectivity index (χ1) is 11.8. The van der Waals surface area contributed by atoms with Gasteiger partial charge in [-0.05, 0) is 37.3 Å². The zero-order valence-corrected chi connectivity index (χ0v) is 13.8. The minimum Gasteiger partial charge on any atom is -0.497 e. The molecule has 0 aliphatic carbocycles. The lowest BCUT2D eigenvalue weighted by Crippen LogP contribution is -2.27. The number of benzene rings is 1. The number of pyridine rings is 1. The number of carbonyl (C=O) groups excluding carboxylic acids is 1. The number of hydrogen-bond acceptors (Lipinski definition) is 4. The van der Waals surface area contributed by atoms with Crippen molar-refractivity contribution in [3.05, 3.63) is 53.3 Å². The zero-order chi connectivity index (χ0) is 18.6. The Labute approximate surface area is 142 Å². The number of carbonyl (C=O) groups is 1. The summed E-state index contributed by atoms with van der Waals surface area (Å²) in [7, 11) is 3.02. The van der Waals surface area contributed by atoms with Crippen LogP contribution in [0, 0.1) is 0 Å². The van der Waals surface area contributed by atoms with Crippen LogP contribution in [-0.4, -0.2) is 25.1 Å². The highest BCUT2D eigenvalue weighted by molar-refractivity contribution is 5.94. The van der Waals surface area contributed by atoms with Crippen LogP contribution in [0.3, 0.4) is 0 Å². The lowest BCUT2D eigenvalue weighted by molar-refractivity contribution is -0.141. The van der Waals surface area contributed by atoms with Crippen molar-refractivity contribution < 1.29 is 27.4 Å². The molecule has 2 aromatic rings. The van der Waals surface area contributed by atoms with E-state index in [1.165, 1.54) is 14.2 Å². The van der Waals surface area contributed by atoms with E-state index in [4.69, 9.17) is 9.47 Å². The van der Waals surface area contributed by atoms with Crippen LogP contribution in [0.25, 0.3) is 0 Å². The SMILES string of the molecule is COc1ccc(OC)c(C(C)NC(=O)c2ccc(C(F)(F)F)nc2)c1. The molecule has 1 N–H and O–H groups in total. The molecule has 25 heavy (non-hydrogen) atoms. The summed E-state index contributed by atoms with van der Waals surface area (Å²) in [6.45, 7) is 1.73. The number of nitrogens with zero attached hydrogens (tertiary/aromatic N) is 1. The Morgan fingerprint density at radius 2 is 1.88 bits per heavy atom. The standard InChI is InChI=1S/C17H17F3N2O3/c1-10(13-8-12(24-2)5-6-14(13)25-3)22-16(23)11-4-7-15(21-9-11)17(18,19)20/h4-10H,1-3H3,(H,22,23). The highest BCUT2D eigenvalue weighted by Gasteiger charge is 2.32. The van der Waals surface area contributed by atoms with Crippen molar-refractivity contribution in [2.24, 2.45) is 0 Å². The summed E-state index contributed by atoms with van der Waals surface area (Å²) >= 11 is 0. The van der Waals surface area contributed by atoms with Crippen LogP contribution in [0.2, 0.25) is 0 Å². The van der Waals surface area contributed by atoms with Crippen LogP contribution >= 0.6 is 0 Å². The number of amides is 1. The predicted molar refractivity (Wildman–Crippen MR) is 84.7 cm³/mol. The molecule has 0 radical (unpaired) electrons.